The fourth-order valence-corrected chi connectivity index (χ4v) is 1.38. The van der Waals surface area contributed by atoms with Crippen molar-refractivity contribution >= 4 is 11.6 Å². The molecular formula is C8H4ClF3N4. The van der Waals surface area contributed by atoms with Crippen molar-refractivity contribution in [2.24, 2.45) is 0 Å². The van der Waals surface area contributed by atoms with Gasteiger partial charge in [-0.25, -0.2) is 4.68 Å². The molecule has 1 heterocycles. The lowest BCUT2D eigenvalue weighted by Crippen LogP contribution is -2.07. The predicted octanol–water partition coefficient (Wildman–Crippen LogP) is 2.33. The van der Waals surface area contributed by atoms with Crippen LogP contribution in [0, 0.1) is 0 Å². The van der Waals surface area contributed by atoms with Crippen molar-refractivity contribution < 1.29 is 13.2 Å². The van der Waals surface area contributed by atoms with Gasteiger partial charge in [0.1, 0.15) is 6.33 Å². The highest BCUT2D eigenvalue weighted by Gasteiger charge is 2.33. The number of hydrogen-bond donors (Lipinski definition) is 0. The maximum absolute atomic E-state index is 12.5. The van der Waals surface area contributed by atoms with E-state index in [1.807, 2.05) is 0 Å². The molecule has 0 saturated heterocycles. The lowest BCUT2D eigenvalue weighted by Gasteiger charge is -2.10. The number of hydrogen-bond acceptors (Lipinski definition) is 3. The summed E-state index contributed by atoms with van der Waals surface area (Å²) in [4.78, 5) is 0. The normalized spacial score (nSPS) is 11.8. The van der Waals surface area contributed by atoms with Gasteiger partial charge in [0.2, 0.25) is 0 Å². The molecule has 1 aromatic heterocycles. The second-order valence-corrected chi connectivity index (χ2v) is 3.32. The van der Waals surface area contributed by atoms with E-state index in [1.165, 1.54) is 12.4 Å². The Morgan fingerprint density at radius 2 is 2.00 bits per heavy atom. The average molecular weight is 249 g/mol. The number of aromatic nitrogens is 4. The smallest absolute Gasteiger partial charge is 0.201 e. The summed E-state index contributed by atoms with van der Waals surface area (Å²) in [6.07, 6.45) is -3.30. The van der Waals surface area contributed by atoms with Crippen molar-refractivity contribution in [2.75, 3.05) is 0 Å². The standard InChI is InChI=1S/C8H4ClF3N4/c9-7-2-1-5(16-4-13-14-15-16)3-6(7)8(10,11)12/h1-4H. The van der Waals surface area contributed by atoms with Gasteiger partial charge in [-0.2, -0.15) is 13.2 Å². The van der Waals surface area contributed by atoms with Gasteiger partial charge in [0, 0.05) is 0 Å². The van der Waals surface area contributed by atoms with Crippen LogP contribution >= 0.6 is 11.6 Å². The summed E-state index contributed by atoms with van der Waals surface area (Å²) in [6, 6.07) is 3.44. The van der Waals surface area contributed by atoms with E-state index in [1.54, 1.807) is 0 Å². The van der Waals surface area contributed by atoms with E-state index in [9.17, 15) is 13.2 Å². The third kappa shape index (κ3) is 1.99. The molecule has 8 heteroatoms. The van der Waals surface area contributed by atoms with Crippen molar-refractivity contribution in [3.8, 4) is 5.69 Å². The fourth-order valence-electron chi connectivity index (χ4n) is 1.15. The van der Waals surface area contributed by atoms with E-state index >= 15 is 0 Å². The Morgan fingerprint density at radius 3 is 2.56 bits per heavy atom. The van der Waals surface area contributed by atoms with Gasteiger partial charge in [-0.15, -0.1) is 5.10 Å². The molecule has 0 aliphatic heterocycles. The van der Waals surface area contributed by atoms with Gasteiger partial charge in [0.05, 0.1) is 16.3 Å². The molecule has 1 aromatic carbocycles. The molecule has 0 saturated carbocycles. The molecule has 0 atom stereocenters. The Morgan fingerprint density at radius 1 is 1.25 bits per heavy atom. The maximum atomic E-state index is 12.5. The largest absolute Gasteiger partial charge is 0.417 e. The molecular weight excluding hydrogens is 245 g/mol. The Bertz CT molecular complexity index is 494. The minimum absolute atomic E-state index is 0.196. The van der Waals surface area contributed by atoms with Crippen molar-refractivity contribution in [3.63, 3.8) is 0 Å². The first kappa shape index (κ1) is 10.9. The molecule has 0 unspecified atom stereocenters. The lowest BCUT2D eigenvalue weighted by atomic mass is 10.2. The number of tetrazole rings is 1. The van der Waals surface area contributed by atoms with Crippen LogP contribution in [0.2, 0.25) is 5.02 Å². The van der Waals surface area contributed by atoms with Crippen LogP contribution in [-0.4, -0.2) is 20.2 Å². The van der Waals surface area contributed by atoms with Crippen LogP contribution in [0.3, 0.4) is 0 Å². The minimum Gasteiger partial charge on any atom is -0.201 e. The SMILES string of the molecule is FC(F)(F)c1cc(-n2cnnn2)ccc1Cl. The Labute approximate surface area is 92.6 Å². The molecule has 0 bridgehead atoms. The zero-order valence-corrected chi connectivity index (χ0v) is 8.37. The Hall–Kier alpha value is -1.63. The number of rotatable bonds is 1. The summed E-state index contributed by atoms with van der Waals surface area (Å²) in [5.74, 6) is 0. The third-order valence-corrected chi connectivity index (χ3v) is 2.20. The second-order valence-electron chi connectivity index (χ2n) is 2.92. The van der Waals surface area contributed by atoms with Crippen molar-refractivity contribution in [3.05, 3.63) is 35.1 Å². The van der Waals surface area contributed by atoms with Gasteiger partial charge in [-0.3, -0.25) is 0 Å². The topological polar surface area (TPSA) is 43.6 Å². The van der Waals surface area contributed by atoms with Crippen LogP contribution < -0.4 is 0 Å². The van der Waals surface area contributed by atoms with Crippen LogP contribution in [0.4, 0.5) is 13.2 Å². The van der Waals surface area contributed by atoms with E-state index in [0.717, 1.165) is 16.8 Å². The first-order chi connectivity index (χ1) is 7.48. The molecule has 0 spiro atoms. The summed E-state index contributed by atoms with van der Waals surface area (Å²) >= 11 is 5.46. The van der Waals surface area contributed by atoms with Gasteiger partial charge in [-0.05, 0) is 28.6 Å². The minimum atomic E-state index is -4.50. The second kappa shape index (κ2) is 3.75. The summed E-state index contributed by atoms with van der Waals surface area (Å²) in [7, 11) is 0. The highest BCUT2D eigenvalue weighted by Crippen LogP contribution is 2.35. The highest BCUT2D eigenvalue weighted by molar-refractivity contribution is 6.31. The van der Waals surface area contributed by atoms with Gasteiger partial charge in [0.25, 0.3) is 0 Å². The molecule has 0 aliphatic carbocycles. The molecule has 0 aliphatic rings. The van der Waals surface area contributed by atoms with E-state index in [0.29, 0.717) is 0 Å². The van der Waals surface area contributed by atoms with E-state index < -0.39 is 11.7 Å². The number of halogens is 4. The van der Waals surface area contributed by atoms with Crippen LogP contribution in [0.1, 0.15) is 5.56 Å². The molecule has 2 rings (SSSR count). The average Bonchev–Trinajstić information content (AvgIpc) is 2.69. The van der Waals surface area contributed by atoms with Crippen LogP contribution in [0.5, 0.6) is 0 Å². The molecule has 0 N–H and O–H groups in total. The van der Waals surface area contributed by atoms with Crippen molar-refractivity contribution in [2.45, 2.75) is 6.18 Å². The van der Waals surface area contributed by atoms with Crippen LogP contribution in [0.15, 0.2) is 24.5 Å². The third-order valence-electron chi connectivity index (χ3n) is 1.87. The maximum Gasteiger partial charge on any atom is 0.417 e. The molecule has 84 valence electrons. The predicted molar refractivity (Wildman–Crippen MR) is 49.2 cm³/mol. The van der Waals surface area contributed by atoms with Crippen molar-refractivity contribution in [1.29, 1.82) is 0 Å². The van der Waals surface area contributed by atoms with E-state index in [2.05, 4.69) is 15.5 Å². The van der Waals surface area contributed by atoms with Gasteiger partial charge < -0.3 is 0 Å². The monoisotopic (exact) mass is 248 g/mol. The quantitative estimate of drug-likeness (QED) is 0.778. The Kier molecular flexibility index (Phi) is 2.55. The fraction of sp³-hybridized carbons (Fsp3) is 0.125. The van der Waals surface area contributed by atoms with Gasteiger partial charge in [0.15, 0.2) is 0 Å². The molecule has 16 heavy (non-hydrogen) atoms. The van der Waals surface area contributed by atoms with Crippen LogP contribution in [-0.2, 0) is 6.18 Å². The molecule has 2 aromatic rings. The molecule has 0 fully saturated rings. The summed E-state index contributed by atoms with van der Waals surface area (Å²) in [5, 5.41) is 9.79. The molecule has 0 amide bonds. The van der Waals surface area contributed by atoms with E-state index in [4.69, 9.17) is 11.6 Å². The van der Waals surface area contributed by atoms with Crippen LogP contribution in [0.25, 0.3) is 5.69 Å². The van der Waals surface area contributed by atoms with E-state index in [-0.39, 0.29) is 10.7 Å². The summed E-state index contributed by atoms with van der Waals surface area (Å²) in [6.45, 7) is 0. The molecule has 0 radical (unpaired) electrons. The zero-order chi connectivity index (χ0) is 11.8. The van der Waals surface area contributed by atoms with Gasteiger partial charge >= 0.3 is 6.18 Å². The first-order valence-corrected chi connectivity index (χ1v) is 4.46. The summed E-state index contributed by atoms with van der Waals surface area (Å²) < 4.78 is 38.7. The number of benzene rings is 1. The zero-order valence-electron chi connectivity index (χ0n) is 7.61. The lowest BCUT2D eigenvalue weighted by molar-refractivity contribution is -0.137. The first-order valence-electron chi connectivity index (χ1n) is 4.08. The molecule has 4 nitrogen and oxygen atoms in total. The summed E-state index contributed by atoms with van der Waals surface area (Å²) in [5.41, 5.74) is -0.719. The Balaban J connectivity index is 2.52. The number of alkyl halides is 3. The van der Waals surface area contributed by atoms with Crippen molar-refractivity contribution in [1.82, 2.24) is 20.2 Å². The number of nitrogens with zero attached hydrogens (tertiary/aromatic N) is 4. The van der Waals surface area contributed by atoms with Gasteiger partial charge in [-0.1, -0.05) is 11.6 Å². The highest BCUT2D eigenvalue weighted by atomic mass is 35.5.